The van der Waals surface area contributed by atoms with Crippen LogP contribution in [0.5, 0.6) is 0 Å². The summed E-state index contributed by atoms with van der Waals surface area (Å²) in [5, 5.41) is 3.14. The van der Waals surface area contributed by atoms with Crippen molar-refractivity contribution < 1.29 is 4.79 Å². The summed E-state index contributed by atoms with van der Waals surface area (Å²) in [4.78, 5) is 13.0. The summed E-state index contributed by atoms with van der Waals surface area (Å²) in [6.07, 6.45) is 9.08. The Hall–Kier alpha value is -0.290. The van der Waals surface area contributed by atoms with E-state index in [-0.39, 0.29) is 10.7 Å². The molecule has 0 bridgehead atoms. The Morgan fingerprint density at radius 2 is 1.85 bits per heavy atom. The highest BCUT2D eigenvalue weighted by Crippen LogP contribution is 2.37. The minimum Gasteiger partial charge on any atom is -0.392 e. The van der Waals surface area contributed by atoms with Crippen molar-refractivity contribution >= 4 is 34.9 Å². The second-order valence-electron chi connectivity index (χ2n) is 5.78. The smallest absolute Gasteiger partial charge is 0.233 e. The zero-order valence-electron chi connectivity index (χ0n) is 13.0. The van der Waals surface area contributed by atoms with Crippen LogP contribution < -0.4 is 11.1 Å². The number of carbonyl (C=O) groups is 1. The number of nitrogens with two attached hydrogens (primary N) is 1. The van der Waals surface area contributed by atoms with Crippen molar-refractivity contribution in [2.75, 3.05) is 12.8 Å². The highest BCUT2D eigenvalue weighted by Gasteiger charge is 2.42. The van der Waals surface area contributed by atoms with Crippen LogP contribution in [0.2, 0.25) is 0 Å². The summed E-state index contributed by atoms with van der Waals surface area (Å²) < 4.78 is 0.127. The first-order chi connectivity index (χ1) is 9.46. The molecule has 1 fully saturated rings. The lowest BCUT2D eigenvalue weighted by atomic mass is 9.73. The maximum atomic E-state index is 12.7. The van der Waals surface area contributed by atoms with E-state index in [1.807, 2.05) is 11.8 Å². The van der Waals surface area contributed by atoms with Crippen molar-refractivity contribution in [2.45, 2.75) is 63.5 Å². The van der Waals surface area contributed by atoms with E-state index >= 15 is 0 Å². The maximum Gasteiger partial charge on any atom is 0.233 e. The molecule has 116 valence electrons. The van der Waals surface area contributed by atoms with Gasteiger partial charge >= 0.3 is 0 Å². The van der Waals surface area contributed by atoms with Gasteiger partial charge in [0.15, 0.2) is 0 Å². The topological polar surface area (TPSA) is 55.1 Å². The number of amides is 1. The molecule has 3 N–H and O–H groups in total. The number of thioether (sulfide) groups is 1. The Morgan fingerprint density at radius 3 is 2.25 bits per heavy atom. The molecule has 0 aliphatic heterocycles. The van der Waals surface area contributed by atoms with Gasteiger partial charge in [0, 0.05) is 11.3 Å². The van der Waals surface area contributed by atoms with Crippen LogP contribution in [-0.4, -0.2) is 28.4 Å². The molecule has 0 unspecified atom stereocenters. The molecular formula is C15H28N2OS2. The SMILES string of the molecule is CCC(CC)(CNC(=O)C1(C(N)=S)CCCCC1)SC. The van der Waals surface area contributed by atoms with Gasteiger partial charge in [0.2, 0.25) is 5.91 Å². The van der Waals surface area contributed by atoms with Crippen molar-refractivity contribution in [1.82, 2.24) is 5.32 Å². The van der Waals surface area contributed by atoms with Crippen molar-refractivity contribution in [3.05, 3.63) is 0 Å². The molecule has 1 aliphatic carbocycles. The summed E-state index contributed by atoms with van der Waals surface area (Å²) in [6.45, 7) is 5.05. The van der Waals surface area contributed by atoms with Crippen LogP contribution in [0.4, 0.5) is 0 Å². The second kappa shape index (κ2) is 7.64. The minimum atomic E-state index is -0.598. The van der Waals surface area contributed by atoms with Crippen LogP contribution in [0, 0.1) is 5.41 Å². The molecule has 5 heteroatoms. The highest BCUT2D eigenvalue weighted by atomic mass is 32.2. The van der Waals surface area contributed by atoms with Gasteiger partial charge in [-0.3, -0.25) is 4.79 Å². The van der Waals surface area contributed by atoms with Gasteiger partial charge in [0.1, 0.15) is 0 Å². The van der Waals surface area contributed by atoms with Gasteiger partial charge in [-0.15, -0.1) is 0 Å². The third-order valence-electron chi connectivity index (χ3n) is 4.91. The molecule has 3 nitrogen and oxygen atoms in total. The van der Waals surface area contributed by atoms with Crippen LogP contribution >= 0.6 is 24.0 Å². The van der Waals surface area contributed by atoms with Crippen molar-refractivity contribution in [1.29, 1.82) is 0 Å². The first kappa shape index (κ1) is 17.8. The van der Waals surface area contributed by atoms with E-state index in [2.05, 4.69) is 25.4 Å². The lowest BCUT2D eigenvalue weighted by Gasteiger charge is -2.37. The van der Waals surface area contributed by atoms with Crippen LogP contribution in [0.3, 0.4) is 0 Å². The molecule has 0 saturated heterocycles. The van der Waals surface area contributed by atoms with Crippen molar-refractivity contribution in [3.8, 4) is 0 Å². The minimum absolute atomic E-state index is 0.0463. The number of hydrogen-bond acceptors (Lipinski definition) is 3. The van der Waals surface area contributed by atoms with Gasteiger partial charge in [-0.25, -0.2) is 0 Å². The number of carbonyl (C=O) groups excluding carboxylic acids is 1. The standard InChI is InChI=1S/C15H28N2OS2/c1-4-14(5-2,20-3)11-17-13(18)15(12(16)19)9-7-6-8-10-15/h4-11H2,1-3H3,(H2,16,19)(H,17,18). The Bertz CT molecular complexity index is 340. The molecule has 0 heterocycles. The van der Waals surface area contributed by atoms with Crippen LogP contribution in [0.15, 0.2) is 0 Å². The van der Waals surface area contributed by atoms with E-state index in [1.165, 1.54) is 6.42 Å². The third kappa shape index (κ3) is 3.67. The molecule has 20 heavy (non-hydrogen) atoms. The molecule has 0 aromatic heterocycles. The largest absolute Gasteiger partial charge is 0.392 e. The molecule has 0 aromatic rings. The first-order valence-corrected chi connectivity index (χ1v) is 9.23. The van der Waals surface area contributed by atoms with Gasteiger partial charge in [-0.05, 0) is 31.9 Å². The summed E-state index contributed by atoms with van der Waals surface area (Å²) >= 11 is 7.04. The summed E-state index contributed by atoms with van der Waals surface area (Å²) in [6, 6.07) is 0. The van der Waals surface area contributed by atoms with E-state index in [1.54, 1.807) is 0 Å². The molecule has 1 amide bonds. The molecule has 1 saturated carbocycles. The molecule has 0 atom stereocenters. The van der Waals surface area contributed by atoms with Crippen LogP contribution in [0.25, 0.3) is 0 Å². The fraction of sp³-hybridized carbons (Fsp3) is 0.867. The Morgan fingerprint density at radius 1 is 1.30 bits per heavy atom. The number of thiocarbonyl (C=S) groups is 1. The number of nitrogens with one attached hydrogen (secondary N) is 1. The van der Waals surface area contributed by atoms with E-state index < -0.39 is 5.41 Å². The zero-order valence-corrected chi connectivity index (χ0v) is 14.6. The number of rotatable bonds is 7. The zero-order chi connectivity index (χ0) is 15.2. The predicted octanol–water partition coefficient (Wildman–Crippen LogP) is 3.26. The van der Waals surface area contributed by atoms with Gasteiger partial charge in [-0.2, -0.15) is 11.8 Å². The van der Waals surface area contributed by atoms with Gasteiger partial charge in [-0.1, -0.05) is 45.3 Å². The Balaban J connectivity index is 2.75. The van der Waals surface area contributed by atoms with Crippen molar-refractivity contribution in [3.63, 3.8) is 0 Å². The van der Waals surface area contributed by atoms with Crippen LogP contribution in [-0.2, 0) is 4.79 Å². The predicted molar refractivity (Wildman–Crippen MR) is 92.1 cm³/mol. The lowest BCUT2D eigenvalue weighted by molar-refractivity contribution is -0.128. The molecule has 0 radical (unpaired) electrons. The molecule has 1 aliphatic rings. The average Bonchev–Trinajstić information content (AvgIpc) is 2.49. The lowest BCUT2D eigenvalue weighted by Crippen LogP contribution is -2.52. The summed E-state index contributed by atoms with van der Waals surface area (Å²) in [5.74, 6) is 0.0463. The fourth-order valence-electron chi connectivity index (χ4n) is 3.01. The third-order valence-corrected chi connectivity index (χ3v) is 6.88. The van der Waals surface area contributed by atoms with Crippen molar-refractivity contribution in [2.24, 2.45) is 11.1 Å². The van der Waals surface area contributed by atoms with Gasteiger partial charge in [0.25, 0.3) is 0 Å². The average molecular weight is 317 g/mol. The Kier molecular flexibility index (Phi) is 6.79. The van der Waals surface area contributed by atoms with E-state index in [4.69, 9.17) is 18.0 Å². The normalized spacial score (nSPS) is 18.6. The first-order valence-electron chi connectivity index (χ1n) is 7.59. The second-order valence-corrected chi connectivity index (χ2v) is 7.50. The van der Waals surface area contributed by atoms with Gasteiger partial charge < -0.3 is 11.1 Å². The fourth-order valence-corrected chi connectivity index (χ4v) is 4.10. The molecule has 0 aromatic carbocycles. The van der Waals surface area contributed by atoms with E-state index in [0.29, 0.717) is 11.5 Å². The van der Waals surface area contributed by atoms with E-state index in [0.717, 1.165) is 38.5 Å². The number of hydrogen-bond donors (Lipinski definition) is 2. The summed E-state index contributed by atoms with van der Waals surface area (Å²) in [5.41, 5.74) is 5.31. The van der Waals surface area contributed by atoms with Gasteiger partial charge in [0.05, 0.1) is 10.4 Å². The van der Waals surface area contributed by atoms with E-state index in [9.17, 15) is 4.79 Å². The summed E-state index contributed by atoms with van der Waals surface area (Å²) in [7, 11) is 0. The molecule has 1 rings (SSSR count). The van der Waals surface area contributed by atoms with Crippen LogP contribution in [0.1, 0.15) is 58.8 Å². The molecular weight excluding hydrogens is 288 g/mol. The Labute approximate surface area is 132 Å². The molecule has 0 spiro atoms. The monoisotopic (exact) mass is 316 g/mol. The maximum absolute atomic E-state index is 12.7. The highest BCUT2D eigenvalue weighted by molar-refractivity contribution is 8.00. The quantitative estimate of drug-likeness (QED) is 0.708.